The van der Waals surface area contributed by atoms with E-state index in [4.69, 9.17) is 33.1 Å². The summed E-state index contributed by atoms with van der Waals surface area (Å²) in [5.41, 5.74) is 1.19. The van der Waals surface area contributed by atoms with Crippen LogP contribution in [0.15, 0.2) is 41.4 Å². The van der Waals surface area contributed by atoms with E-state index in [-0.39, 0.29) is 23.2 Å². The number of thiocarbonyl (C=S) groups is 1. The molecule has 1 heterocycles. The highest BCUT2D eigenvalue weighted by molar-refractivity contribution is 7.80. The smallest absolute Gasteiger partial charge is 0.346 e. The Morgan fingerprint density at radius 3 is 2.79 bits per heavy atom. The summed E-state index contributed by atoms with van der Waals surface area (Å²) in [5, 5.41) is 10.5. The van der Waals surface area contributed by atoms with Crippen molar-refractivity contribution in [2.24, 2.45) is 0 Å². The third-order valence-corrected chi connectivity index (χ3v) is 3.42. The number of aromatic nitrogens is 1. The second-order valence-corrected chi connectivity index (χ2v) is 5.43. The van der Waals surface area contributed by atoms with Crippen LogP contribution in [0.2, 0.25) is 5.02 Å². The number of hydrogen-bond acceptors (Lipinski definition) is 5. The lowest BCUT2D eigenvalue weighted by Crippen LogP contribution is -2.28. The van der Waals surface area contributed by atoms with Gasteiger partial charge in [0.1, 0.15) is 5.69 Å². The molecule has 2 rings (SSSR count). The fourth-order valence-electron chi connectivity index (χ4n) is 1.89. The normalized spacial score (nSPS) is 10.1. The summed E-state index contributed by atoms with van der Waals surface area (Å²) in [6.45, 7) is 6.00. The van der Waals surface area contributed by atoms with E-state index in [2.05, 4.69) is 22.4 Å². The van der Waals surface area contributed by atoms with Crippen LogP contribution in [-0.2, 0) is 4.74 Å². The molecule has 0 saturated heterocycles. The number of benzene rings is 1. The van der Waals surface area contributed by atoms with Crippen molar-refractivity contribution in [1.82, 2.24) is 10.5 Å². The fraction of sp³-hybridized carbons (Fsp3) is 0.188. The summed E-state index contributed by atoms with van der Waals surface area (Å²) in [6.07, 6.45) is 1.65. The average Bonchev–Trinajstić information content (AvgIpc) is 2.97. The molecular formula is C16H16ClN3O3S. The summed E-state index contributed by atoms with van der Waals surface area (Å²) in [4.78, 5) is 12.3. The van der Waals surface area contributed by atoms with Crippen LogP contribution in [-0.4, -0.2) is 29.4 Å². The van der Waals surface area contributed by atoms with Crippen LogP contribution in [0.1, 0.15) is 17.3 Å². The lowest BCUT2D eigenvalue weighted by atomic mass is 10.1. The zero-order valence-electron chi connectivity index (χ0n) is 13.0. The van der Waals surface area contributed by atoms with Gasteiger partial charge in [-0.1, -0.05) is 35.0 Å². The van der Waals surface area contributed by atoms with Crippen molar-refractivity contribution in [3.8, 4) is 11.3 Å². The molecule has 0 unspecified atom stereocenters. The molecule has 0 aliphatic carbocycles. The van der Waals surface area contributed by atoms with Gasteiger partial charge in [-0.2, -0.15) is 0 Å². The molecule has 126 valence electrons. The van der Waals surface area contributed by atoms with E-state index in [0.29, 0.717) is 22.8 Å². The number of nitrogens with one attached hydrogen (secondary N) is 2. The van der Waals surface area contributed by atoms with Crippen molar-refractivity contribution in [2.75, 3.05) is 18.5 Å². The molecule has 0 saturated carbocycles. The fourth-order valence-corrected chi connectivity index (χ4v) is 2.19. The van der Waals surface area contributed by atoms with Gasteiger partial charge in [0.25, 0.3) is 0 Å². The number of anilines is 1. The first kappa shape index (κ1) is 18.0. The van der Waals surface area contributed by atoms with E-state index in [9.17, 15) is 4.79 Å². The summed E-state index contributed by atoms with van der Waals surface area (Å²) >= 11 is 11.0. The SMILES string of the molecule is C=CCNC(=S)Nc1onc(-c2ccc(Cl)cc2)c1C(=O)OCC. The van der Waals surface area contributed by atoms with Gasteiger partial charge in [0, 0.05) is 17.1 Å². The lowest BCUT2D eigenvalue weighted by molar-refractivity contribution is 0.0528. The Morgan fingerprint density at radius 2 is 2.17 bits per heavy atom. The van der Waals surface area contributed by atoms with E-state index in [1.165, 1.54) is 0 Å². The van der Waals surface area contributed by atoms with Crippen molar-refractivity contribution in [2.45, 2.75) is 6.92 Å². The minimum Gasteiger partial charge on any atom is -0.462 e. The molecule has 2 aromatic rings. The third kappa shape index (κ3) is 4.33. The Hall–Kier alpha value is -2.38. The van der Waals surface area contributed by atoms with Gasteiger partial charge in [-0.3, -0.25) is 0 Å². The van der Waals surface area contributed by atoms with Gasteiger partial charge in [-0.05, 0) is 31.3 Å². The van der Waals surface area contributed by atoms with E-state index >= 15 is 0 Å². The Kier molecular flexibility index (Phi) is 6.34. The predicted octanol–water partition coefficient (Wildman–Crippen LogP) is 3.64. The first-order valence-electron chi connectivity index (χ1n) is 7.15. The summed E-state index contributed by atoms with van der Waals surface area (Å²) in [6, 6.07) is 6.87. The van der Waals surface area contributed by atoms with Crippen molar-refractivity contribution >= 4 is 40.8 Å². The average molecular weight is 366 g/mol. The topological polar surface area (TPSA) is 76.4 Å². The highest BCUT2D eigenvalue weighted by Crippen LogP contribution is 2.30. The zero-order valence-corrected chi connectivity index (χ0v) is 14.5. The standard InChI is InChI=1S/C16H16ClN3O3S/c1-3-9-18-16(24)19-14-12(15(21)22-4-2)13(20-23-14)10-5-7-11(17)8-6-10/h3,5-8H,1,4,9H2,2H3,(H2,18,19,24). The first-order chi connectivity index (χ1) is 11.6. The molecule has 6 nitrogen and oxygen atoms in total. The zero-order chi connectivity index (χ0) is 17.5. The number of hydrogen-bond donors (Lipinski definition) is 2. The second kappa shape index (κ2) is 8.47. The molecule has 0 atom stereocenters. The van der Waals surface area contributed by atoms with Crippen LogP contribution in [0.3, 0.4) is 0 Å². The molecule has 1 aromatic heterocycles. The molecule has 1 aromatic carbocycles. The molecule has 0 aliphatic rings. The molecule has 0 amide bonds. The third-order valence-electron chi connectivity index (χ3n) is 2.92. The number of esters is 1. The van der Waals surface area contributed by atoms with E-state index < -0.39 is 5.97 Å². The molecule has 0 bridgehead atoms. The first-order valence-corrected chi connectivity index (χ1v) is 7.94. The van der Waals surface area contributed by atoms with Crippen molar-refractivity contribution in [3.05, 3.63) is 47.5 Å². The molecule has 0 aliphatic heterocycles. The monoisotopic (exact) mass is 365 g/mol. The number of carbonyl (C=O) groups is 1. The number of halogens is 1. The van der Waals surface area contributed by atoms with Crippen molar-refractivity contribution in [1.29, 1.82) is 0 Å². The van der Waals surface area contributed by atoms with Gasteiger partial charge in [0.2, 0.25) is 5.88 Å². The van der Waals surface area contributed by atoms with Gasteiger partial charge in [-0.15, -0.1) is 6.58 Å². The van der Waals surface area contributed by atoms with Gasteiger partial charge >= 0.3 is 5.97 Å². The van der Waals surface area contributed by atoms with Gasteiger partial charge < -0.3 is 19.9 Å². The Morgan fingerprint density at radius 1 is 1.46 bits per heavy atom. The van der Waals surface area contributed by atoms with Crippen LogP contribution in [0.4, 0.5) is 5.88 Å². The highest BCUT2D eigenvalue weighted by atomic mass is 35.5. The van der Waals surface area contributed by atoms with E-state index in [0.717, 1.165) is 0 Å². The van der Waals surface area contributed by atoms with Crippen LogP contribution in [0.25, 0.3) is 11.3 Å². The minimum absolute atomic E-state index is 0.111. The maximum atomic E-state index is 12.3. The van der Waals surface area contributed by atoms with Crippen LogP contribution >= 0.6 is 23.8 Å². The predicted molar refractivity (Wildman–Crippen MR) is 97.3 cm³/mol. The molecular weight excluding hydrogens is 350 g/mol. The van der Waals surface area contributed by atoms with Gasteiger partial charge in [-0.25, -0.2) is 4.79 Å². The molecule has 0 radical (unpaired) electrons. The summed E-state index contributed by atoms with van der Waals surface area (Å²) in [5.74, 6) is -0.447. The van der Waals surface area contributed by atoms with Crippen LogP contribution in [0.5, 0.6) is 0 Å². The Bertz CT molecular complexity index is 744. The molecule has 24 heavy (non-hydrogen) atoms. The molecule has 0 fully saturated rings. The van der Waals surface area contributed by atoms with Gasteiger partial charge in [0.15, 0.2) is 10.7 Å². The number of ether oxygens (including phenoxy) is 1. The summed E-state index contributed by atoms with van der Waals surface area (Å²) < 4.78 is 10.3. The molecule has 0 spiro atoms. The highest BCUT2D eigenvalue weighted by Gasteiger charge is 2.26. The quantitative estimate of drug-likeness (QED) is 0.459. The lowest BCUT2D eigenvalue weighted by Gasteiger charge is -2.08. The largest absolute Gasteiger partial charge is 0.462 e. The maximum Gasteiger partial charge on any atom is 0.346 e. The molecule has 2 N–H and O–H groups in total. The van der Waals surface area contributed by atoms with Crippen LogP contribution in [0, 0.1) is 0 Å². The Balaban J connectivity index is 2.37. The maximum absolute atomic E-state index is 12.3. The molecule has 8 heteroatoms. The second-order valence-electron chi connectivity index (χ2n) is 4.59. The summed E-state index contributed by atoms with van der Waals surface area (Å²) in [7, 11) is 0. The van der Waals surface area contributed by atoms with Gasteiger partial charge in [0.05, 0.1) is 6.61 Å². The number of carbonyl (C=O) groups excluding carboxylic acids is 1. The van der Waals surface area contributed by atoms with Crippen molar-refractivity contribution in [3.63, 3.8) is 0 Å². The van der Waals surface area contributed by atoms with Crippen molar-refractivity contribution < 1.29 is 14.1 Å². The van der Waals surface area contributed by atoms with Crippen LogP contribution < -0.4 is 10.6 Å². The number of rotatable bonds is 6. The van der Waals surface area contributed by atoms with E-state index in [1.54, 1.807) is 37.3 Å². The minimum atomic E-state index is -0.558. The van der Waals surface area contributed by atoms with E-state index in [1.807, 2.05) is 0 Å². The number of nitrogens with zero attached hydrogens (tertiary/aromatic N) is 1. The Labute approximate surface area is 149 Å².